The molecule has 0 atom stereocenters. The van der Waals surface area contributed by atoms with Crippen molar-refractivity contribution in [1.82, 2.24) is 0 Å². The Morgan fingerprint density at radius 2 is 1.38 bits per heavy atom. The normalized spacial score (nSPS) is 9.00. The fourth-order valence-electron chi connectivity index (χ4n) is 0. The summed E-state index contributed by atoms with van der Waals surface area (Å²) in [4.78, 5) is 0. The smallest absolute Gasteiger partial charge is 1.00 e. The zero-order chi connectivity index (χ0) is 5.21. The third-order valence-electron chi connectivity index (χ3n) is 0.283. The molecule has 0 bridgehead atoms. The molecule has 0 aliphatic heterocycles. The van der Waals surface area contributed by atoms with Crippen molar-refractivity contribution >= 4 is 23.1 Å². The van der Waals surface area contributed by atoms with Crippen LogP contribution in [0.2, 0.25) is 0 Å². The average molecular weight is 201 g/mol. The maximum absolute atomic E-state index is 10.7. The summed E-state index contributed by atoms with van der Waals surface area (Å²) in [5.41, 5.74) is 0. The summed E-state index contributed by atoms with van der Waals surface area (Å²) < 4.78 is 32.2. The molecule has 0 radical (unpaired) electrons. The van der Waals surface area contributed by atoms with E-state index in [-0.39, 0.29) is 40.0 Å². The third kappa shape index (κ3) is 15.7. The molecule has 0 N–H and O–H groups in total. The minimum Gasteiger partial charge on any atom is -1.00 e. The molecule has 0 fully saturated rings. The zero-order valence-electron chi connectivity index (χ0n) is 4.13. The van der Waals surface area contributed by atoms with Gasteiger partial charge in [-0.15, -0.1) is 0 Å². The maximum atomic E-state index is 10.7. The molecule has 0 aliphatic carbocycles. The predicted octanol–water partition coefficient (Wildman–Crippen LogP) is -1.60. The summed E-state index contributed by atoms with van der Waals surface area (Å²) in [5.74, 6) is 0. The number of hydrogen-bond donors (Lipinski definition) is 0. The van der Waals surface area contributed by atoms with Gasteiger partial charge in [0.1, 0.15) is 0 Å². The first-order valence-corrected chi connectivity index (χ1v) is 1.42. The molecular weight excluding hydrogens is 197 g/mol. The average Bonchev–Trinajstić information content (AvgIpc) is 1.35. The van der Waals surface area contributed by atoms with Crippen LogP contribution in [0.1, 0.15) is 6.42 Å². The first-order chi connectivity index (χ1) is 2.56. The van der Waals surface area contributed by atoms with Gasteiger partial charge >= 0.3 is 29.2 Å². The van der Waals surface area contributed by atoms with Crippen LogP contribution in [0.3, 0.4) is 0 Å². The number of alkyl halides is 3. The molecule has 0 saturated carbocycles. The Balaban J connectivity index is -0.000000125. The van der Waals surface area contributed by atoms with Crippen molar-refractivity contribution in [3.05, 3.63) is 6.92 Å². The quantitative estimate of drug-likeness (QED) is 0.327. The van der Waals surface area contributed by atoms with Crippen LogP contribution in [0.25, 0.3) is 0 Å². The molecule has 0 amide bonds. The fraction of sp³-hybridized carbons (Fsp3) is 0.667. The fourth-order valence-corrected chi connectivity index (χ4v) is 0. The van der Waals surface area contributed by atoms with E-state index < -0.39 is 12.6 Å². The molecule has 5 heteroatoms. The molecule has 0 unspecified atom stereocenters. The standard InChI is InChI=1S/C3H4F3.BrH.Mg/c1-2-3(4,5)6;;/h1-2H2;1H;/q-1;;+2/p-1. The summed E-state index contributed by atoms with van der Waals surface area (Å²) >= 11 is 0. The van der Waals surface area contributed by atoms with Gasteiger partial charge in [-0.3, -0.25) is 0 Å². The van der Waals surface area contributed by atoms with Crippen molar-refractivity contribution in [1.29, 1.82) is 0 Å². The predicted molar refractivity (Wildman–Crippen MR) is 21.8 cm³/mol. The number of halogens is 4. The van der Waals surface area contributed by atoms with E-state index in [1.165, 1.54) is 0 Å². The summed E-state index contributed by atoms with van der Waals surface area (Å²) in [6.45, 7) is 2.63. The molecule has 0 rings (SSSR count). The Labute approximate surface area is 72.7 Å². The minimum absolute atomic E-state index is 0. The number of hydrogen-bond acceptors (Lipinski definition) is 0. The van der Waals surface area contributed by atoms with E-state index in [1.54, 1.807) is 0 Å². The van der Waals surface area contributed by atoms with E-state index in [0.29, 0.717) is 0 Å². The summed E-state index contributed by atoms with van der Waals surface area (Å²) in [7, 11) is 0. The van der Waals surface area contributed by atoms with E-state index >= 15 is 0 Å². The van der Waals surface area contributed by atoms with E-state index in [2.05, 4.69) is 6.92 Å². The monoisotopic (exact) mass is 200 g/mol. The van der Waals surface area contributed by atoms with Crippen LogP contribution in [0, 0.1) is 6.92 Å². The van der Waals surface area contributed by atoms with Gasteiger partial charge in [0.05, 0.1) is 0 Å². The molecule has 0 aliphatic rings. The Morgan fingerprint density at radius 1 is 1.25 bits per heavy atom. The van der Waals surface area contributed by atoms with Gasteiger partial charge in [0.25, 0.3) is 0 Å². The van der Waals surface area contributed by atoms with Crippen LogP contribution in [0.4, 0.5) is 13.2 Å². The molecule has 0 aromatic carbocycles. The van der Waals surface area contributed by atoms with Gasteiger partial charge in [0.15, 0.2) is 0 Å². The van der Waals surface area contributed by atoms with Gasteiger partial charge in [-0.1, -0.05) is 6.42 Å². The van der Waals surface area contributed by atoms with Gasteiger partial charge in [-0.05, 0) is 0 Å². The third-order valence-corrected chi connectivity index (χ3v) is 0.283. The van der Waals surface area contributed by atoms with Crippen LogP contribution in [-0.4, -0.2) is 29.2 Å². The molecular formula is C3H4BrF3Mg. The molecule has 0 heterocycles. The van der Waals surface area contributed by atoms with Gasteiger partial charge < -0.3 is 23.9 Å². The van der Waals surface area contributed by atoms with Crippen molar-refractivity contribution in [2.45, 2.75) is 12.6 Å². The van der Waals surface area contributed by atoms with Crippen LogP contribution in [-0.2, 0) is 0 Å². The Hall–Kier alpha value is 1.04. The topological polar surface area (TPSA) is 0 Å². The second-order valence-electron chi connectivity index (χ2n) is 0.865. The van der Waals surface area contributed by atoms with Crippen molar-refractivity contribution in [2.75, 3.05) is 0 Å². The van der Waals surface area contributed by atoms with Gasteiger partial charge in [-0.25, -0.2) is 0 Å². The van der Waals surface area contributed by atoms with Crippen molar-refractivity contribution < 1.29 is 30.2 Å². The summed E-state index contributed by atoms with van der Waals surface area (Å²) in [5, 5.41) is 0. The second-order valence-corrected chi connectivity index (χ2v) is 0.865. The van der Waals surface area contributed by atoms with Crippen LogP contribution < -0.4 is 17.0 Å². The van der Waals surface area contributed by atoms with Crippen molar-refractivity contribution in [3.63, 3.8) is 0 Å². The van der Waals surface area contributed by atoms with Crippen molar-refractivity contribution in [2.24, 2.45) is 0 Å². The van der Waals surface area contributed by atoms with E-state index in [1.807, 2.05) is 0 Å². The van der Waals surface area contributed by atoms with Gasteiger partial charge in [-0.2, -0.15) is 13.2 Å². The Morgan fingerprint density at radius 3 is 1.38 bits per heavy atom. The zero-order valence-corrected chi connectivity index (χ0v) is 7.13. The van der Waals surface area contributed by atoms with E-state index in [9.17, 15) is 13.2 Å². The van der Waals surface area contributed by atoms with E-state index in [4.69, 9.17) is 0 Å². The van der Waals surface area contributed by atoms with Gasteiger partial charge in [0.2, 0.25) is 0 Å². The second kappa shape index (κ2) is 6.16. The van der Waals surface area contributed by atoms with Crippen molar-refractivity contribution in [3.8, 4) is 0 Å². The summed E-state index contributed by atoms with van der Waals surface area (Å²) in [6, 6.07) is 0. The van der Waals surface area contributed by atoms with E-state index in [0.717, 1.165) is 0 Å². The Bertz CT molecular complexity index is 44.3. The van der Waals surface area contributed by atoms with Gasteiger partial charge in [0, 0.05) is 0 Å². The number of rotatable bonds is 0. The van der Waals surface area contributed by atoms with Crippen LogP contribution >= 0.6 is 0 Å². The molecule has 46 valence electrons. The molecule has 0 aromatic heterocycles. The minimum atomic E-state index is -4.07. The molecule has 0 nitrogen and oxygen atoms in total. The molecule has 0 saturated heterocycles. The molecule has 0 spiro atoms. The molecule has 8 heavy (non-hydrogen) atoms. The Kier molecular flexibility index (Phi) is 12.3. The summed E-state index contributed by atoms with van der Waals surface area (Å²) in [6.07, 6.45) is -5.05. The molecule has 0 aromatic rings. The van der Waals surface area contributed by atoms with Crippen LogP contribution in [0.5, 0.6) is 0 Å². The SMILES string of the molecule is [Br-].[CH2-]CC(F)(F)F.[Mg+2]. The maximum Gasteiger partial charge on any atom is 2.00 e. The first-order valence-electron chi connectivity index (χ1n) is 1.42. The largest absolute Gasteiger partial charge is 2.00 e. The first kappa shape index (κ1) is 16.0. The van der Waals surface area contributed by atoms with Crippen LogP contribution in [0.15, 0.2) is 0 Å².